The summed E-state index contributed by atoms with van der Waals surface area (Å²) in [5.74, 6) is 1.36. The Labute approximate surface area is 132 Å². The van der Waals surface area contributed by atoms with Gasteiger partial charge in [-0.3, -0.25) is 4.79 Å². The van der Waals surface area contributed by atoms with Crippen molar-refractivity contribution in [3.8, 4) is 0 Å². The number of hydrogen-bond acceptors (Lipinski definition) is 4. The van der Waals surface area contributed by atoms with E-state index in [2.05, 4.69) is 5.32 Å². The highest BCUT2D eigenvalue weighted by atomic mass is 32.1. The molecule has 0 saturated carbocycles. The molecule has 0 aliphatic carbocycles. The number of amides is 1. The summed E-state index contributed by atoms with van der Waals surface area (Å²) in [7, 11) is 0. The summed E-state index contributed by atoms with van der Waals surface area (Å²) in [4.78, 5) is 13.1. The number of rotatable bonds is 6. The third-order valence-corrected chi connectivity index (χ3v) is 4.18. The first-order valence-corrected chi connectivity index (χ1v) is 7.77. The van der Waals surface area contributed by atoms with Gasteiger partial charge in [0.25, 0.3) is 0 Å². The highest BCUT2D eigenvalue weighted by Gasteiger charge is 2.18. The lowest BCUT2D eigenvalue weighted by molar-refractivity contribution is -0.116. The van der Waals surface area contributed by atoms with E-state index < -0.39 is 0 Å². The third-order valence-electron chi connectivity index (χ3n) is 3.20. The molecule has 1 N–H and O–H groups in total. The zero-order valence-corrected chi connectivity index (χ0v) is 12.6. The van der Waals surface area contributed by atoms with Gasteiger partial charge in [-0.15, -0.1) is 11.3 Å². The summed E-state index contributed by atoms with van der Waals surface area (Å²) in [5.41, 5.74) is 0. The van der Waals surface area contributed by atoms with Crippen molar-refractivity contribution in [2.24, 2.45) is 0 Å². The predicted octanol–water partition coefficient (Wildman–Crippen LogP) is 3.90. The molecule has 112 valence electrons. The second-order valence-electron chi connectivity index (χ2n) is 4.68. The molecule has 0 fully saturated rings. The summed E-state index contributed by atoms with van der Waals surface area (Å²) >= 11 is 1.65. The molecule has 1 unspecified atom stereocenters. The second-order valence-corrected chi connectivity index (χ2v) is 5.66. The SMILES string of the molecule is O=C(C=Cc1ccco1)NCC(c1ccco1)c1cccs1. The lowest BCUT2D eigenvalue weighted by Gasteiger charge is -2.13. The van der Waals surface area contributed by atoms with Crippen LogP contribution in [0.4, 0.5) is 0 Å². The van der Waals surface area contributed by atoms with Gasteiger partial charge in [0.15, 0.2) is 0 Å². The average molecular weight is 313 g/mol. The Morgan fingerprint density at radius 2 is 2.05 bits per heavy atom. The summed E-state index contributed by atoms with van der Waals surface area (Å²) < 4.78 is 10.6. The number of furan rings is 2. The maximum atomic E-state index is 11.9. The number of nitrogens with one attached hydrogen (secondary N) is 1. The van der Waals surface area contributed by atoms with Crippen LogP contribution in [0.15, 0.2) is 69.2 Å². The zero-order chi connectivity index (χ0) is 15.2. The van der Waals surface area contributed by atoms with Crippen LogP contribution in [-0.2, 0) is 4.79 Å². The van der Waals surface area contributed by atoms with Gasteiger partial charge in [-0.1, -0.05) is 6.07 Å². The van der Waals surface area contributed by atoms with Crippen LogP contribution >= 0.6 is 11.3 Å². The number of thiophene rings is 1. The summed E-state index contributed by atoms with van der Waals surface area (Å²) in [6, 6.07) is 11.4. The fraction of sp³-hybridized carbons (Fsp3) is 0.118. The molecule has 0 aliphatic rings. The number of hydrogen-bond donors (Lipinski definition) is 1. The molecule has 0 bridgehead atoms. The van der Waals surface area contributed by atoms with Crippen molar-refractivity contribution in [3.63, 3.8) is 0 Å². The van der Waals surface area contributed by atoms with Crippen LogP contribution in [0.5, 0.6) is 0 Å². The molecule has 0 aromatic carbocycles. The number of carbonyl (C=O) groups excluding carboxylic acids is 1. The zero-order valence-electron chi connectivity index (χ0n) is 11.8. The van der Waals surface area contributed by atoms with Gasteiger partial charge < -0.3 is 14.2 Å². The van der Waals surface area contributed by atoms with Crippen LogP contribution in [-0.4, -0.2) is 12.5 Å². The molecule has 4 nitrogen and oxygen atoms in total. The Hall–Kier alpha value is -2.53. The monoisotopic (exact) mass is 313 g/mol. The molecule has 1 amide bonds. The van der Waals surface area contributed by atoms with Crippen molar-refractivity contribution >= 4 is 23.3 Å². The van der Waals surface area contributed by atoms with E-state index in [9.17, 15) is 4.79 Å². The molecule has 22 heavy (non-hydrogen) atoms. The van der Waals surface area contributed by atoms with Crippen LogP contribution in [0.2, 0.25) is 0 Å². The van der Waals surface area contributed by atoms with Crippen molar-refractivity contribution in [2.75, 3.05) is 6.54 Å². The van der Waals surface area contributed by atoms with Crippen molar-refractivity contribution < 1.29 is 13.6 Å². The van der Waals surface area contributed by atoms with Gasteiger partial charge in [0.05, 0.1) is 18.4 Å². The minimum atomic E-state index is -0.162. The molecule has 3 aromatic rings. The molecule has 3 aromatic heterocycles. The highest BCUT2D eigenvalue weighted by molar-refractivity contribution is 7.10. The van der Waals surface area contributed by atoms with Gasteiger partial charge in [-0.25, -0.2) is 0 Å². The lowest BCUT2D eigenvalue weighted by Crippen LogP contribution is -2.26. The normalized spacial score (nSPS) is 12.5. The van der Waals surface area contributed by atoms with E-state index >= 15 is 0 Å². The largest absolute Gasteiger partial charge is 0.469 e. The molecule has 0 spiro atoms. The third kappa shape index (κ3) is 3.56. The number of carbonyl (C=O) groups is 1. The van der Waals surface area contributed by atoms with E-state index in [-0.39, 0.29) is 11.8 Å². The highest BCUT2D eigenvalue weighted by Crippen LogP contribution is 2.28. The van der Waals surface area contributed by atoms with Gasteiger partial charge in [-0.2, -0.15) is 0 Å². The standard InChI is InChI=1S/C17H15NO3S/c19-17(8-7-13-4-1-9-20-13)18-12-14(15-5-2-10-21-15)16-6-3-11-22-16/h1-11,14H,12H2,(H,18,19). The molecular formula is C17H15NO3S. The molecule has 0 saturated heterocycles. The van der Waals surface area contributed by atoms with Gasteiger partial charge in [0, 0.05) is 17.5 Å². The van der Waals surface area contributed by atoms with Crippen LogP contribution in [0.1, 0.15) is 22.3 Å². The average Bonchev–Trinajstić information content (AvgIpc) is 3.27. The maximum Gasteiger partial charge on any atom is 0.244 e. The first-order valence-electron chi connectivity index (χ1n) is 6.89. The van der Waals surface area contributed by atoms with E-state index in [1.807, 2.05) is 29.6 Å². The van der Waals surface area contributed by atoms with E-state index in [0.717, 1.165) is 10.6 Å². The van der Waals surface area contributed by atoms with Crippen LogP contribution in [0.3, 0.4) is 0 Å². The first kappa shape index (κ1) is 14.4. The van der Waals surface area contributed by atoms with E-state index in [1.54, 1.807) is 42.1 Å². The minimum Gasteiger partial charge on any atom is -0.469 e. The van der Waals surface area contributed by atoms with Crippen LogP contribution < -0.4 is 5.32 Å². The smallest absolute Gasteiger partial charge is 0.244 e. The molecule has 1 atom stereocenters. The Balaban J connectivity index is 1.63. The van der Waals surface area contributed by atoms with Gasteiger partial charge in [0.2, 0.25) is 5.91 Å². The van der Waals surface area contributed by atoms with E-state index in [0.29, 0.717) is 12.3 Å². The van der Waals surface area contributed by atoms with Crippen molar-refractivity contribution in [3.05, 3.63) is 76.8 Å². The summed E-state index contributed by atoms with van der Waals surface area (Å²) in [6.45, 7) is 0.482. The van der Waals surface area contributed by atoms with Crippen molar-refractivity contribution in [2.45, 2.75) is 5.92 Å². The predicted molar refractivity (Wildman–Crippen MR) is 85.6 cm³/mol. The van der Waals surface area contributed by atoms with Crippen LogP contribution in [0.25, 0.3) is 6.08 Å². The molecule has 0 radical (unpaired) electrons. The van der Waals surface area contributed by atoms with E-state index in [1.165, 1.54) is 6.08 Å². The Kier molecular flexibility index (Phi) is 4.56. The molecule has 3 heterocycles. The fourth-order valence-corrected chi connectivity index (χ4v) is 2.96. The summed E-state index contributed by atoms with van der Waals surface area (Å²) in [6.07, 6.45) is 6.32. The first-order chi connectivity index (χ1) is 10.8. The quantitative estimate of drug-likeness (QED) is 0.702. The van der Waals surface area contributed by atoms with Gasteiger partial charge in [0.1, 0.15) is 11.5 Å². The minimum absolute atomic E-state index is 0.0240. The Morgan fingerprint density at radius 3 is 2.73 bits per heavy atom. The summed E-state index contributed by atoms with van der Waals surface area (Å²) in [5, 5.41) is 4.92. The van der Waals surface area contributed by atoms with Gasteiger partial charge in [-0.05, 0) is 41.8 Å². The molecule has 3 rings (SSSR count). The second kappa shape index (κ2) is 6.95. The van der Waals surface area contributed by atoms with Crippen molar-refractivity contribution in [1.29, 1.82) is 0 Å². The molecule has 5 heteroatoms. The van der Waals surface area contributed by atoms with E-state index in [4.69, 9.17) is 8.83 Å². The Morgan fingerprint density at radius 1 is 1.18 bits per heavy atom. The van der Waals surface area contributed by atoms with Gasteiger partial charge >= 0.3 is 0 Å². The lowest BCUT2D eigenvalue weighted by atomic mass is 10.0. The molecule has 0 aliphatic heterocycles. The molecular weight excluding hydrogens is 298 g/mol. The fourth-order valence-electron chi connectivity index (χ4n) is 2.13. The Bertz CT molecular complexity index is 678. The van der Waals surface area contributed by atoms with Crippen molar-refractivity contribution in [1.82, 2.24) is 5.32 Å². The van der Waals surface area contributed by atoms with Crippen LogP contribution in [0, 0.1) is 0 Å². The maximum absolute atomic E-state index is 11.9. The topological polar surface area (TPSA) is 55.4 Å².